The highest BCUT2D eigenvalue weighted by Crippen LogP contribution is 2.63. The van der Waals surface area contributed by atoms with Gasteiger partial charge in [0.1, 0.15) is 0 Å². The molecule has 0 saturated heterocycles. The Hall–Kier alpha value is -0.890. The Kier molecular flexibility index (Phi) is 2.83. The Bertz CT molecular complexity index is 546. The molecule has 4 aliphatic rings. The lowest BCUT2D eigenvalue weighted by Crippen LogP contribution is -2.49. The lowest BCUT2D eigenvalue weighted by molar-refractivity contribution is -0.116. The van der Waals surface area contributed by atoms with Crippen LogP contribution in [0.25, 0.3) is 0 Å². The van der Waals surface area contributed by atoms with Crippen LogP contribution in [0.3, 0.4) is 0 Å². The Morgan fingerprint density at radius 2 is 1.95 bits per heavy atom. The topological polar surface area (TPSA) is 37.3 Å². The summed E-state index contributed by atoms with van der Waals surface area (Å²) in [4.78, 5) is 11.8. The molecule has 21 heavy (non-hydrogen) atoms. The molecule has 4 rings (SSSR count). The van der Waals surface area contributed by atoms with Crippen LogP contribution in [0.4, 0.5) is 0 Å². The van der Waals surface area contributed by atoms with Gasteiger partial charge in [-0.05, 0) is 72.3 Å². The molecule has 0 aromatic heterocycles. The first-order valence-corrected chi connectivity index (χ1v) is 8.56. The summed E-state index contributed by atoms with van der Waals surface area (Å²) in [5.41, 5.74) is 1.57. The molecule has 2 heteroatoms. The normalized spacial score (nSPS) is 52.0. The fraction of sp³-hybridized carbons (Fsp3) is 0.737. The zero-order valence-corrected chi connectivity index (χ0v) is 13.1. The lowest BCUT2D eigenvalue weighted by Gasteiger charge is -2.55. The maximum Gasteiger partial charge on any atom is 0.156 e. The third-order valence-electron chi connectivity index (χ3n) is 7.47. The summed E-state index contributed by atoms with van der Waals surface area (Å²) in [7, 11) is 0. The van der Waals surface area contributed by atoms with E-state index in [4.69, 9.17) is 0 Å². The van der Waals surface area contributed by atoms with Crippen LogP contribution in [0.15, 0.2) is 23.8 Å². The zero-order chi connectivity index (χ0) is 14.8. The summed E-state index contributed by atoms with van der Waals surface area (Å²) < 4.78 is 0. The van der Waals surface area contributed by atoms with Gasteiger partial charge in [0.2, 0.25) is 0 Å². The average Bonchev–Trinajstić information content (AvgIpc) is 2.76. The number of hydrogen-bond donors (Lipinski definition) is 1. The molecule has 114 valence electrons. The molecule has 0 amide bonds. The van der Waals surface area contributed by atoms with Crippen molar-refractivity contribution in [3.63, 3.8) is 0 Å². The van der Waals surface area contributed by atoms with E-state index in [1.165, 1.54) is 12.0 Å². The smallest absolute Gasteiger partial charge is 0.156 e. The number of ketones is 1. The van der Waals surface area contributed by atoms with Gasteiger partial charge in [-0.1, -0.05) is 26.0 Å². The van der Waals surface area contributed by atoms with Crippen LogP contribution in [-0.2, 0) is 4.79 Å². The van der Waals surface area contributed by atoms with E-state index >= 15 is 0 Å². The predicted molar refractivity (Wildman–Crippen MR) is 82.6 cm³/mol. The van der Waals surface area contributed by atoms with E-state index in [0.717, 1.165) is 25.7 Å². The molecule has 0 aromatic carbocycles. The highest BCUT2D eigenvalue weighted by Gasteiger charge is 2.57. The third-order valence-corrected chi connectivity index (χ3v) is 7.47. The lowest BCUT2D eigenvalue weighted by atomic mass is 9.49. The van der Waals surface area contributed by atoms with Gasteiger partial charge < -0.3 is 5.11 Å². The number of aliphatic hydroxyl groups excluding tert-OH is 1. The molecular formula is C19H26O2. The molecule has 0 bridgehead atoms. The van der Waals surface area contributed by atoms with Gasteiger partial charge in [-0.15, -0.1) is 0 Å². The largest absolute Gasteiger partial charge is 0.393 e. The number of carbonyl (C=O) groups excluding carboxylic acids is 1. The van der Waals surface area contributed by atoms with Crippen molar-refractivity contribution in [3.05, 3.63) is 23.8 Å². The molecule has 0 radical (unpaired) electrons. The summed E-state index contributed by atoms with van der Waals surface area (Å²) >= 11 is 0. The van der Waals surface area contributed by atoms with Crippen LogP contribution >= 0.6 is 0 Å². The second-order valence-corrected chi connectivity index (χ2v) is 8.27. The van der Waals surface area contributed by atoms with E-state index in [1.54, 1.807) is 0 Å². The van der Waals surface area contributed by atoms with Crippen LogP contribution in [-0.4, -0.2) is 17.0 Å². The Labute approximate surface area is 127 Å². The van der Waals surface area contributed by atoms with Crippen molar-refractivity contribution in [1.29, 1.82) is 0 Å². The van der Waals surface area contributed by atoms with Crippen LogP contribution in [0.2, 0.25) is 0 Å². The fourth-order valence-electron chi connectivity index (χ4n) is 5.97. The third kappa shape index (κ3) is 1.72. The minimum atomic E-state index is -0.116. The number of rotatable bonds is 0. The van der Waals surface area contributed by atoms with Crippen molar-refractivity contribution in [2.45, 2.75) is 58.5 Å². The van der Waals surface area contributed by atoms with E-state index in [2.05, 4.69) is 26.0 Å². The van der Waals surface area contributed by atoms with Crippen molar-refractivity contribution in [2.75, 3.05) is 0 Å². The molecule has 1 unspecified atom stereocenters. The van der Waals surface area contributed by atoms with Crippen LogP contribution in [0.5, 0.6) is 0 Å². The maximum atomic E-state index is 11.8. The van der Waals surface area contributed by atoms with Crippen LogP contribution in [0.1, 0.15) is 52.4 Å². The SMILES string of the molecule is C[C@]12CCC(=O)C=C1C=C[C@@H]1[C@H]2CC[C@]2(C)C(O)CC[C@@H]12. The van der Waals surface area contributed by atoms with Crippen LogP contribution in [0, 0.1) is 28.6 Å². The average molecular weight is 286 g/mol. The number of carbonyl (C=O) groups is 1. The van der Waals surface area contributed by atoms with E-state index in [1.807, 2.05) is 6.08 Å². The number of aliphatic hydroxyl groups is 1. The van der Waals surface area contributed by atoms with Crippen LogP contribution < -0.4 is 0 Å². The first kappa shape index (κ1) is 13.8. The van der Waals surface area contributed by atoms with Gasteiger partial charge in [-0.2, -0.15) is 0 Å². The first-order chi connectivity index (χ1) is 9.95. The van der Waals surface area contributed by atoms with E-state index in [-0.39, 0.29) is 16.9 Å². The van der Waals surface area contributed by atoms with E-state index in [9.17, 15) is 9.90 Å². The molecule has 6 atom stereocenters. The molecule has 1 N–H and O–H groups in total. The summed E-state index contributed by atoms with van der Waals surface area (Å²) in [5.74, 6) is 2.17. The van der Waals surface area contributed by atoms with E-state index < -0.39 is 0 Å². The quantitative estimate of drug-likeness (QED) is 0.738. The molecular weight excluding hydrogens is 260 g/mol. The van der Waals surface area contributed by atoms with Gasteiger partial charge in [0.25, 0.3) is 0 Å². The monoisotopic (exact) mass is 286 g/mol. The second-order valence-electron chi connectivity index (χ2n) is 8.27. The highest BCUT2D eigenvalue weighted by atomic mass is 16.3. The van der Waals surface area contributed by atoms with Gasteiger partial charge in [-0.3, -0.25) is 4.79 Å². The zero-order valence-electron chi connectivity index (χ0n) is 13.1. The minimum absolute atomic E-state index is 0.116. The summed E-state index contributed by atoms with van der Waals surface area (Å²) in [6.45, 7) is 4.68. The molecule has 2 nitrogen and oxygen atoms in total. The summed E-state index contributed by atoms with van der Waals surface area (Å²) in [6.07, 6.45) is 12.6. The molecule has 2 fully saturated rings. The molecule has 0 aliphatic heterocycles. The Morgan fingerprint density at radius 1 is 1.14 bits per heavy atom. The van der Waals surface area contributed by atoms with Crippen molar-refractivity contribution >= 4 is 5.78 Å². The van der Waals surface area contributed by atoms with Gasteiger partial charge in [0.15, 0.2) is 5.78 Å². The van der Waals surface area contributed by atoms with Gasteiger partial charge in [0, 0.05) is 6.42 Å². The molecule has 0 spiro atoms. The Balaban J connectivity index is 1.75. The number of hydrogen-bond acceptors (Lipinski definition) is 2. The van der Waals surface area contributed by atoms with E-state index in [0.29, 0.717) is 30.0 Å². The predicted octanol–water partition coefficient (Wildman–Crippen LogP) is 3.66. The van der Waals surface area contributed by atoms with Crippen molar-refractivity contribution in [1.82, 2.24) is 0 Å². The van der Waals surface area contributed by atoms with Gasteiger partial charge in [0.05, 0.1) is 6.10 Å². The fourth-order valence-corrected chi connectivity index (χ4v) is 5.97. The first-order valence-electron chi connectivity index (χ1n) is 8.56. The molecule has 4 aliphatic carbocycles. The molecule has 0 heterocycles. The van der Waals surface area contributed by atoms with Gasteiger partial charge >= 0.3 is 0 Å². The summed E-state index contributed by atoms with van der Waals surface area (Å²) in [5, 5.41) is 10.4. The van der Waals surface area contributed by atoms with Crippen molar-refractivity contribution in [2.24, 2.45) is 28.6 Å². The van der Waals surface area contributed by atoms with Gasteiger partial charge in [-0.25, -0.2) is 0 Å². The second kappa shape index (κ2) is 4.32. The highest BCUT2D eigenvalue weighted by molar-refractivity contribution is 5.92. The molecule has 2 saturated carbocycles. The van der Waals surface area contributed by atoms with Crippen molar-refractivity contribution in [3.8, 4) is 0 Å². The minimum Gasteiger partial charge on any atom is -0.393 e. The standard InChI is InChI=1S/C19H26O2/c1-18-9-7-13(20)11-12(18)3-4-14-15-5-6-17(21)19(15,2)10-8-16(14)18/h3-4,11,14-17,21H,5-10H2,1-2H3/t14-,15-,16+,17?,18-,19-/m0/s1. The number of fused-ring (bicyclic) bond motifs is 5. The molecule has 0 aromatic rings. The summed E-state index contributed by atoms with van der Waals surface area (Å²) in [6, 6.07) is 0. The number of allylic oxidation sites excluding steroid dienone is 4. The maximum absolute atomic E-state index is 11.8. The van der Waals surface area contributed by atoms with Crippen molar-refractivity contribution < 1.29 is 9.90 Å². The Morgan fingerprint density at radius 3 is 2.76 bits per heavy atom.